The molecule has 0 aliphatic heterocycles. The number of carbonyl (C=O) groups excluding carboxylic acids is 2. The molecule has 10 nitrogen and oxygen atoms in total. The molecule has 0 saturated heterocycles. The Hall–Kier alpha value is -3.99. The lowest BCUT2D eigenvalue weighted by Gasteiger charge is -2.21. The molecule has 1 aliphatic carbocycles. The molecule has 1 saturated carbocycles. The summed E-state index contributed by atoms with van der Waals surface area (Å²) in [6.45, 7) is 2.11. The third-order valence-electron chi connectivity index (χ3n) is 6.82. The summed E-state index contributed by atoms with van der Waals surface area (Å²) in [5.74, 6) is 5.87. The number of aliphatic imine (C=N–C) groups is 1. The van der Waals surface area contributed by atoms with Crippen LogP contribution in [0.25, 0.3) is 5.52 Å². The van der Waals surface area contributed by atoms with Crippen molar-refractivity contribution in [2.24, 2.45) is 18.0 Å². The number of hydrogen-bond acceptors (Lipinski definition) is 7. The van der Waals surface area contributed by atoms with E-state index in [1.54, 1.807) is 45.5 Å². The SMILES string of the molecule is CC1CCC(=NCC(=O)N(C)C)C(Nc2cccc3c(SC(F)(F)F)c(C#CCNC(=O)c4cnn(C)c4)nn23)CC1. The zero-order valence-corrected chi connectivity index (χ0v) is 24.6. The number of anilines is 1. The van der Waals surface area contributed by atoms with Gasteiger partial charge in [0.2, 0.25) is 5.91 Å². The minimum Gasteiger partial charge on any atom is -0.362 e. The van der Waals surface area contributed by atoms with Crippen molar-refractivity contribution >= 4 is 40.6 Å². The number of likely N-dealkylation sites (N-methyl/N-ethyl adjacent to an activating group) is 1. The Morgan fingerprint density at radius 1 is 1.24 bits per heavy atom. The van der Waals surface area contributed by atoms with Crippen molar-refractivity contribution < 1.29 is 22.8 Å². The molecule has 3 heterocycles. The van der Waals surface area contributed by atoms with E-state index in [0.29, 0.717) is 23.7 Å². The van der Waals surface area contributed by atoms with E-state index in [-0.39, 0.29) is 52.9 Å². The van der Waals surface area contributed by atoms with Crippen molar-refractivity contribution in [1.29, 1.82) is 0 Å². The van der Waals surface area contributed by atoms with E-state index in [2.05, 4.69) is 44.6 Å². The van der Waals surface area contributed by atoms with Gasteiger partial charge in [0.05, 0.1) is 34.8 Å². The first-order chi connectivity index (χ1) is 19.9. The second-order valence-corrected chi connectivity index (χ2v) is 11.4. The quantitative estimate of drug-likeness (QED) is 0.241. The summed E-state index contributed by atoms with van der Waals surface area (Å²) in [5, 5.41) is 14.4. The Bertz CT molecular complexity index is 1530. The van der Waals surface area contributed by atoms with E-state index in [9.17, 15) is 22.8 Å². The molecule has 14 heteroatoms. The number of rotatable bonds is 7. The average Bonchev–Trinajstić information content (AvgIpc) is 3.46. The van der Waals surface area contributed by atoms with Crippen molar-refractivity contribution in [2.45, 2.75) is 49.1 Å². The molecule has 2 atom stereocenters. The summed E-state index contributed by atoms with van der Waals surface area (Å²) in [6.07, 6.45) is 6.28. The Labute approximate surface area is 246 Å². The number of amides is 2. The highest BCUT2D eigenvalue weighted by Crippen LogP contribution is 2.41. The zero-order valence-electron chi connectivity index (χ0n) is 23.8. The van der Waals surface area contributed by atoms with Crippen LogP contribution in [0.2, 0.25) is 0 Å². The molecule has 0 radical (unpaired) electrons. The lowest BCUT2D eigenvalue weighted by molar-refractivity contribution is -0.127. The Balaban J connectivity index is 1.62. The minimum absolute atomic E-state index is 0.0320. The van der Waals surface area contributed by atoms with Crippen LogP contribution in [0.15, 0.2) is 40.5 Å². The lowest BCUT2D eigenvalue weighted by Crippen LogP contribution is -2.31. The smallest absolute Gasteiger partial charge is 0.362 e. The van der Waals surface area contributed by atoms with Gasteiger partial charge in [-0.1, -0.05) is 18.9 Å². The molecule has 4 rings (SSSR count). The molecule has 3 aromatic rings. The molecule has 2 N–H and O–H groups in total. The number of aromatic nitrogens is 4. The number of pyridine rings is 1. The highest BCUT2D eigenvalue weighted by atomic mass is 32.2. The summed E-state index contributed by atoms with van der Waals surface area (Å²) in [7, 11) is 5.04. The number of aryl methyl sites for hydroxylation is 1. The first-order valence-corrected chi connectivity index (χ1v) is 14.3. The fourth-order valence-electron chi connectivity index (χ4n) is 4.51. The molecule has 0 aromatic carbocycles. The number of fused-ring (bicyclic) bond motifs is 1. The topological polar surface area (TPSA) is 109 Å². The van der Waals surface area contributed by atoms with Crippen molar-refractivity contribution in [3.63, 3.8) is 0 Å². The molecule has 224 valence electrons. The van der Waals surface area contributed by atoms with Crippen LogP contribution in [-0.2, 0) is 11.8 Å². The van der Waals surface area contributed by atoms with E-state index < -0.39 is 11.4 Å². The van der Waals surface area contributed by atoms with Gasteiger partial charge in [0.1, 0.15) is 18.1 Å². The zero-order chi connectivity index (χ0) is 30.4. The summed E-state index contributed by atoms with van der Waals surface area (Å²) in [5.41, 5.74) is -3.17. The van der Waals surface area contributed by atoms with Crippen molar-refractivity contribution in [1.82, 2.24) is 29.6 Å². The lowest BCUT2D eigenvalue weighted by atomic mass is 10.0. The van der Waals surface area contributed by atoms with Gasteiger partial charge in [0.25, 0.3) is 5.91 Å². The number of alkyl halides is 3. The molecule has 2 unspecified atom stereocenters. The fraction of sp³-hybridized carbons (Fsp3) is 0.464. The van der Waals surface area contributed by atoms with E-state index in [4.69, 9.17) is 0 Å². The van der Waals surface area contributed by atoms with Gasteiger partial charge in [0, 0.05) is 33.1 Å². The van der Waals surface area contributed by atoms with E-state index in [0.717, 1.165) is 25.0 Å². The largest absolute Gasteiger partial charge is 0.446 e. The normalized spacial score (nSPS) is 18.3. The van der Waals surface area contributed by atoms with Crippen LogP contribution in [0.1, 0.15) is 48.7 Å². The highest BCUT2D eigenvalue weighted by molar-refractivity contribution is 8.00. The van der Waals surface area contributed by atoms with Gasteiger partial charge in [-0.05, 0) is 61.4 Å². The van der Waals surface area contributed by atoms with Gasteiger partial charge in [-0.15, -0.1) is 0 Å². The van der Waals surface area contributed by atoms with Crippen molar-refractivity contribution in [2.75, 3.05) is 32.5 Å². The van der Waals surface area contributed by atoms with Crippen LogP contribution in [0, 0.1) is 17.8 Å². The van der Waals surface area contributed by atoms with Gasteiger partial charge in [0.15, 0.2) is 0 Å². The maximum atomic E-state index is 13.6. The first-order valence-electron chi connectivity index (χ1n) is 13.4. The van der Waals surface area contributed by atoms with E-state index >= 15 is 0 Å². The third-order valence-corrected chi connectivity index (χ3v) is 7.66. The molecular formula is C28H33F3N8O2S. The summed E-state index contributed by atoms with van der Waals surface area (Å²) >= 11 is -0.277. The summed E-state index contributed by atoms with van der Waals surface area (Å²) in [6, 6.07) is 4.75. The van der Waals surface area contributed by atoms with Crippen LogP contribution in [0.4, 0.5) is 19.0 Å². The highest BCUT2D eigenvalue weighted by Gasteiger charge is 2.33. The second-order valence-electron chi connectivity index (χ2n) is 10.3. The Morgan fingerprint density at radius 3 is 2.71 bits per heavy atom. The summed E-state index contributed by atoms with van der Waals surface area (Å²) < 4.78 is 43.6. The van der Waals surface area contributed by atoms with Crippen molar-refractivity contribution in [3.8, 4) is 11.8 Å². The van der Waals surface area contributed by atoms with Crippen LogP contribution < -0.4 is 10.6 Å². The fourth-order valence-corrected chi connectivity index (χ4v) is 5.19. The number of nitrogens with zero attached hydrogens (tertiary/aromatic N) is 6. The maximum Gasteiger partial charge on any atom is 0.446 e. The van der Waals surface area contributed by atoms with Crippen LogP contribution in [-0.4, -0.2) is 80.6 Å². The number of nitrogens with one attached hydrogen (secondary N) is 2. The number of hydrogen-bond donors (Lipinski definition) is 2. The maximum absolute atomic E-state index is 13.6. The molecular weight excluding hydrogens is 569 g/mol. The second kappa shape index (κ2) is 13.3. The monoisotopic (exact) mass is 602 g/mol. The molecule has 42 heavy (non-hydrogen) atoms. The number of halogens is 3. The van der Waals surface area contributed by atoms with Crippen LogP contribution in [0.5, 0.6) is 0 Å². The molecule has 2 amide bonds. The molecule has 3 aromatic heterocycles. The molecule has 0 spiro atoms. The number of carbonyl (C=O) groups is 2. The first kappa shape index (κ1) is 31.0. The Morgan fingerprint density at radius 2 is 2.02 bits per heavy atom. The summed E-state index contributed by atoms with van der Waals surface area (Å²) in [4.78, 5) is 30.4. The van der Waals surface area contributed by atoms with Crippen LogP contribution >= 0.6 is 11.8 Å². The van der Waals surface area contributed by atoms with Gasteiger partial charge in [-0.3, -0.25) is 19.3 Å². The predicted octanol–water partition coefficient (Wildman–Crippen LogP) is 3.98. The van der Waals surface area contributed by atoms with E-state index in [1.165, 1.54) is 20.3 Å². The number of thioether (sulfide) groups is 1. The average molecular weight is 603 g/mol. The van der Waals surface area contributed by atoms with Crippen molar-refractivity contribution in [3.05, 3.63) is 41.9 Å². The minimum atomic E-state index is -4.56. The van der Waals surface area contributed by atoms with Gasteiger partial charge in [-0.2, -0.15) is 23.4 Å². The molecule has 0 bridgehead atoms. The predicted molar refractivity (Wildman–Crippen MR) is 156 cm³/mol. The van der Waals surface area contributed by atoms with Gasteiger partial charge >= 0.3 is 5.51 Å². The van der Waals surface area contributed by atoms with Gasteiger partial charge < -0.3 is 15.5 Å². The van der Waals surface area contributed by atoms with Gasteiger partial charge in [-0.25, -0.2) is 4.52 Å². The molecule has 1 fully saturated rings. The molecule has 1 aliphatic rings. The van der Waals surface area contributed by atoms with Crippen LogP contribution in [0.3, 0.4) is 0 Å². The standard InChI is InChI=1S/C28H33F3N8O2S/c1-18-10-12-20(33-16-25(40)37(2)3)21(13-11-18)35-24-9-5-8-23-26(42-28(29,30)31)22(36-39(23)24)7-6-14-32-27(41)19-15-34-38(4)17-19/h5,8-9,15,17-18,21,35H,10-14,16H2,1-4H3,(H,32,41). The third kappa shape index (κ3) is 8.06. The van der Waals surface area contributed by atoms with E-state index in [1.807, 2.05) is 0 Å². The Kier molecular flexibility index (Phi) is 9.82.